The fraction of sp³-hybridized carbons (Fsp3) is 0.526. The zero-order valence-corrected chi connectivity index (χ0v) is 16.5. The van der Waals surface area contributed by atoms with Crippen molar-refractivity contribution in [3.8, 4) is 0 Å². The van der Waals surface area contributed by atoms with Crippen molar-refractivity contribution in [1.29, 1.82) is 0 Å². The Labute approximate surface area is 164 Å². The van der Waals surface area contributed by atoms with Gasteiger partial charge in [0.1, 0.15) is 0 Å². The minimum Gasteiger partial charge on any atom is -0.352 e. The summed E-state index contributed by atoms with van der Waals surface area (Å²) in [4.78, 5) is 41.8. The first-order chi connectivity index (χ1) is 13.0. The first-order valence-electron chi connectivity index (χ1n) is 9.28. The number of hydrogen-bond acceptors (Lipinski definition) is 5. The van der Waals surface area contributed by atoms with Crippen molar-refractivity contribution in [2.24, 2.45) is 0 Å². The molecule has 1 aromatic carbocycles. The van der Waals surface area contributed by atoms with Crippen LogP contribution in [-0.4, -0.2) is 83.8 Å². The van der Waals surface area contributed by atoms with Crippen LogP contribution in [0.25, 0.3) is 0 Å². The summed E-state index contributed by atoms with van der Waals surface area (Å²) in [5.41, 5.74) is 1.63. The number of nitrogens with zero attached hydrogens (tertiary/aromatic N) is 3. The highest BCUT2D eigenvalue weighted by atomic mass is 32.2. The normalized spacial score (nSPS) is 18.0. The van der Waals surface area contributed by atoms with E-state index in [1.54, 1.807) is 4.90 Å². The second-order valence-corrected chi connectivity index (χ2v) is 7.97. The van der Waals surface area contributed by atoms with Crippen LogP contribution in [-0.2, 0) is 11.3 Å². The standard InChI is InChI=1S/C19H26N4O3S/c1-21-8-10-22(11-9-21)18(25)16-4-2-15(3-5-16)14-20-17(24)6-7-23-12-13-27-19(23)26/h2-5H,6-14H2,1H3,(H,20,24). The van der Waals surface area contributed by atoms with E-state index in [9.17, 15) is 14.4 Å². The van der Waals surface area contributed by atoms with E-state index in [0.717, 1.165) is 44.0 Å². The van der Waals surface area contributed by atoms with Gasteiger partial charge in [0.15, 0.2) is 0 Å². The molecule has 0 radical (unpaired) electrons. The molecule has 0 spiro atoms. The Morgan fingerprint density at radius 3 is 2.41 bits per heavy atom. The van der Waals surface area contributed by atoms with E-state index in [0.29, 0.717) is 25.1 Å². The van der Waals surface area contributed by atoms with Gasteiger partial charge < -0.3 is 20.0 Å². The molecule has 2 aliphatic heterocycles. The van der Waals surface area contributed by atoms with Gasteiger partial charge in [-0.2, -0.15) is 0 Å². The lowest BCUT2D eigenvalue weighted by Gasteiger charge is -2.32. The Morgan fingerprint density at radius 2 is 1.78 bits per heavy atom. The fourth-order valence-electron chi connectivity index (χ4n) is 3.11. The van der Waals surface area contributed by atoms with Crippen LogP contribution in [0.4, 0.5) is 4.79 Å². The third kappa shape index (κ3) is 5.46. The number of carbonyl (C=O) groups excluding carboxylic acids is 3. The SMILES string of the molecule is CN1CCN(C(=O)c2ccc(CNC(=O)CCN3CCSC3=O)cc2)CC1. The topological polar surface area (TPSA) is 73.0 Å². The van der Waals surface area contributed by atoms with Gasteiger partial charge in [-0.15, -0.1) is 0 Å². The zero-order chi connectivity index (χ0) is 19.2. The Bertz CT molecular complexity index is 687. The van der Waals surface area contributed by atoms with Crippen molar-refractivity contribution in [2.75, 3.05) is 52.1 Å². The van der Waals surface area contributed by atoms with E-state index >= 15 is 0 Å². The largest absolute Gasteiger partial charge is 0.352 e. The summed E-state index contributed by atoms with van der Waals surface area (Å²) >= 11 is 1.30. The van der Waals surface area contributed by atoms with Crippen LogP contribution >= 0.6 is 11.8 Å². The highest BCUT2D eigenvalue weighted by Crippen LogP contribution is 2.17. The maximum Gasteiger partial charge on any atom is 0.281 e. The molecule has 146 valence electrons. The van der Waals surface area contributed by atoms with Gasteiger partial charge in [-0.3, -0.25) is 14.4 Å². The number of likely N-dealkylation sites (N-methyl/N-ethyl adjacent to an activating group) is 1. The Hall–Kier alpha value is -2.06. The summed E-state index contributed by atoms with van der Waals surface area (Å²) in [5, 5.41) is 2.93. The smallest absolute Gasteiger partial charge is 0.281 e. The summed E-state index contributed by atoms with van der Waals surface area (Å²) in [6, 6.07) is 7.40. The lowest BCUT2D eigenvalue weighted by atomic mass is 10.1. The molecular weight excluding hydrogens is 364 g/mol. The van der Waals surface area contributed by atoms with Crippen molar-refractivity contribution in [1.82, 2.24) is 20.0 Å². The predicted octanol–water partition coefficient (Wildman–Crippen LogP) is 1.25. The van der Waals surface area contributed by atoms with E-state index in [-0.39, 0.29) is 17.1 Å². The van der Waals surface area contributed by atoms with Gasteiger partial charge in [0.2, 0.25) is 5.91 Å². The van der Waals surface area contributed by atoms with Gasteiger partial charge in [0.25, 0.3) is 11.1 Å². The summed E-state index contributed by atoms with van der Waals surface area (Å²) in [6.07, 6.45) is 0.312. The molecule has 0 unspecified atom stereocenters. The minimum absolute atomic E-state index is 0.0587. The Balaban J connectivity index is 1.42. The summed E-state index contributed by atoms with van der Waals surface area (Å²) < 4.78 is 0. The molecule has 0 atom stereocenters. The molecule has 27 heavy (non-hydrogen) atoms. The molecule has 2 heterocycles. The average Bonchev–Trinajstić information content (AvgIpc) is 3.10. The molecule has 2 saturated heterocycles. The van der Waals surface area contributed by atoms with E-state index < -0.39 is 0 Å². The van der Waals surface area contributed by atoms with Crippen LogP contribution in [0.1, 0.15) is 22.3 Å². The second kappa shape index (κ2) is 9.23. The van der Waals surface area contributed by atoms with Gasteiger partial charge in [0, 0.05) is 63.6 Å². The van der Waals surface area contributed by atoms with E-state index in [1.165, 1.54) is 11.8 Å². The highest BCUT2D eigenvalue weighted by molar-refractivity contribution is 8.13. The molecule has 0 aliphatic carbocycles. The molecule has 1 N–H and O–H groups in total. The van der Waals surface area contributed by atoms with Gasteiger partial charge >= 0.3 is 0 Å². The number of carbonyl (C=O) groups is 3. The lowest BCUT2D eigenvalue weighted by molar-refractivity contribution is -0.121. The third-order valence-corrected chi connectivity index (χ3v) is 5.83. The lowest BCUT2D eigenvalue weighted by Crippen LogP contribution is -2.47. The Morgan fingerprint density at radius 1 is 1.07 bits per heavy atom. The number of thioether (sulfide) groups is 1. The van der Waals surface area contributed by atoms with E-state index in [1.807, 2.05) is 29.2 Å². The summed E-state index contributed by atoms with van der Waals surface area (Å²) in [5.74, 6) is 0.795. The first-order valence-corrected chi connectivity index (χ1v) is 10.3. The van der Waals surface area contributed by atoms with Crippen molar-refractivity contribution < 1.29 is 14.4 Å². The number of nitrogens with one attached hydrogen (secondary N) is 1. The van der Waals surface area contributed by atoms with Gasteiger partial charge in [-0.05, 0) is 24.7 Å². The van der Waals surface area contributed by atoms with Crippen molar-refractivity contribution in [3.05, 3.63) is 35.4 Å². The van der Waals surface area contributed by atoms with Crippen LogP contribution in [0.2, 0.25) is 0 Å². The number of benzene rings is 1. The molecular formula is C19H26N4O3S. The van der Waals surface area contributed by atoms with Gasteiger partial charge in [-0.1, -0.05) is 23.9 Å². The van der Waals surface area contributed by atoms with Crippen LogP contribution in [0.15, 0.2) is 24.3 Å². The summed E-state index contributed by atoms with van der Waals surface area (Å²) in [6.45, 7) is 4.92. The van der Waals surface area contributed by atoms with Crippen LogP contribution in [0.5, 0.6) is 0 Å². The van der Waals surface area contributed by atoms with Crippen LogP contribution in [0.3, 0.4) is 0 Å². The molecule has 8 heteroatoms. The predicted molar refractivity (Wildman–Crippen MR) is 106 cm³/mol. The quantitative estimate of drug-likeness (QED) is 0.791. The monoisotopic (exact) mass is 390 g/mol. The second-order valence-electron chi connectivity index (χ2n) is 6.92. The van der Waals surface area contributed by atoms with E-state index in [2.05, 4.69) is 17.3 Å². The van der Waals surface area contributed by atoms with Crippen LogP contribution in [0, 0.1) is 0 Å². The molecule has 7 nitrogen and oxygen atoms in total. The maximum atomic E-state index is 12.5. The molecule has 0 saturated carbocycles. The van der Waals surface area contributed by atoms with Crippen LogP contribution < -0.4 is 5.32 Å². The molecule has 0 aromatic heterocycles. The molecule has 3 amide bonds. The Kier molecular flexibility index (Phi) is 6.73. The molecule has 0 bridgehead atoms. The number of rotatable bonds is 6. The number of amides is 3. The van der Waals surface area contributed by atoms with Crippen molar-refractivity contribution in [2.45, 2.75) is 13.0 Å². The summed E-state index contributed by atoms with van der Waals surface area (Å²) in [7, 11) is 2.06. The third-order valence-electron chi connectivity index (χ3n) is 4.93. The average molecular weight is 391 g/mol. The molecule has 1 aromatic rings. The molecule has 2 fully saturated rings. The van der Waals surface area contributed by atoms with Gasteiger partial charge in [-0.25, -0.2) is 0 Å². The van der Waals surface area contributed by atoms with Crippen molar-refractivity contribution in [3.63, 3.8) is 0 Å². The zero-order valence-electron chi connectivity index (χ0n) is 15.6. The first kappa shape index (κ1) is 19.7. The van der Waals surface area contributed by atoms with E-state index in [4.69, 9.17) is 0 Å². The molecule has 3 rings (SSSR count). The number of piperazine rings is 1. The minimum atomic E-state index is -0.0720. The highest BCUT2D eigenvalue weighted by Gasteiger charge is 2.22. The fourth-order valence-corrected chi connectivity index (χ4v) is 3.96. The molecule has 2 aliphatic rings. The van der Waals surface area contributed by atoms with Gasteiger partial charge in [0.05, 0.1) is 0 Å². The maximum absolute atomic E-state index is 12.5. The van der Waals surface area contributed by atoms with Crippen molar-refractivity contribution >= 4 is 28.8 Å². The number of hydrogen-bond donors (Lipinski definition) is 1.